The zero-order valence-electron chi connectivity index (χ0n) is 15.8. The first-order chi connectivity index (χ1) is 13.9. The van der Waals surface area contributed by atoms with Gasteiger partial charge in [0, 0.05) is 23.5 Å². The van der Waals surface area contributed by atoms with E-state index >= 15 is 0 Å². The molecule has 2 aliphatic heterocycles. The Kier molecular flexibility index (Phi) is 3.70. The number of carbonyl (C=O) groups excluding carboxylic acids is 1. The number of amides is 1. The van der Waals surface area contributed by atoms with Gasteiger partial charge in [-0.2, -0.15) is 0 Å². The zero-order valence-corrected chi connectivity index (χ0v) is 15.8. The second-order valence-electron chi connectivity index (χ2n) is 7.48. The standard InChI is InChI=1S/C23H18N4O2/c1-23(29,20-4-2-3-9-25-20)8-7-14-5-6-17-15-11-16(12-15)27-13-19(21(24)28)26-22(27)18(17)10-14/h2-6,9-11,13,16,29H,12H2,1H3,(H2,24,28). The van der Waals surface area contributed by atoms with E-state index in [9.17, 15) is 9.90 Å². The van der Waals surface area contributed by atoms with Gasteiger partial charge in [0.25, 0.3) is 5.91 Å². The van der Waals surface area contributed by atoms with Crippen LogP contribution in [0.1, 0.15) is 46.7 Å². The lowest BCUT2D eigenvalue weighted by Gasteiger charge is -2.24. The third-order valence-corrected chi connectivity index (χ3v) is 5.38. The van der Waals surface area contributed by atoms with Crippen molar-refractivity contribution in [1.82, 2.24) is 14.5 Å². The van der Waals surface area contributed by atoms with Crippen LogP contribution in [0.15, 0.2) is 54.9 Å². The normalized spacial score (nSPS) is 18.0. The topological polar surface area (TPSA) is 94.0 Å². The van der Waals surface area contributed by atoms with Crippen LogP contribution in [0.4, 0.5) is 0 Å². The van der Waals surface area contributed by atoms with Gasteiger partial charge in [-0.3, -0.25) is 9.78 Å². The average molecular weight is 382 g/mol. The van der Waals surface area contributed by atoms with Gasteiger partial charge in [-0.25, -0.2) is 4.98 Å². The van der Waals surface area contributed by atoms with Gasteiger partial charge in [0.1, 0.15) is 11.5 Å². The van der Waals surface area contributed by atoms with E-state index in [1.165, 1.54) is 5.57 Å². The van der Waals surface area contributed by atoms with Crippen molar-refractivity contribution in [1.29, 1.82) is 0 Å². The number of pyridine rings is 1. The van der Waals surface area contributed by atoms with Crippen molar-refractivity contribution in [3.8, 4) is 23.2 Å². The molecule has 2 bridgehead atoms. The smallest absolute Gasteiger partial charge is 0.268 e. The van der Waals surface area contributed by atoms with E-state index in [4.69, 9.17) is 5.73 Å². The van der Waals surface area contributed by atoms with Crippen molar-refractivity contribution >= 4 is 11.5 Å². The molecule has 4 heterocycles. The highest BCUT2D eigenvalue weighted by molar-refractivity contribution is 5.92. The van der Waals surface area contributed by atoms with Crippen LogP contribution in [0.3, 0.4) is 0 Å². The van der Waals surface area contributed by atoms with Crippen LogP contribution in [-0.2, 0) is 5.60 Å². The summed E-state index contributed by atoms with van der Waals surface area (Å²) in [6.45, 7) is 1.62. The summed E-state index contributed by atoms with van der Waals surface area (Å²) in [6.07, 6.45) is 6.42. The maximum Gasteiger partial charge on any atom is 0.268 e. The molecule has 6 heteroatoms. The number of hydrogen-bond acceptors (Lipinski definition) is 4. The van der Waals surface area contributed by atoms with E-state index in [0.29, 0.717) is 11.5 Å². The largest absolute Gasteiger partial charge is 0.372 e. The Morgan fingerprint density at radius 1 is 1.31 bits per heavy atom. The fraction of sp³-hybridized carbons (Fsp3) is 0.174. The number of aliphatic hydroxyl groups is 1. The fourth-order valence-corrected chi connectivity index (χ4v) is 3.76. The summed E-state index contributed by atoms with van der Waals surface area (Å²) in [5, 5.41) is 10.7. The third kappa shape index (κ3) is 2.84. The van der Waals surface area contributed by atoms with Crippen molar-refractivity contribution in [3.63, 3.8) is 0 Å². The number of nitrogens with two attached hydrogens (primary N) is 1. The summed E-state index contributed by atoms with van der Waals surface area (Å²) in [5.41, 5.74) is 8.82. The summed E-state index contributed by atoms with van der Waals surface area (Å²) >= 11 is 0. The Balaban J connectivity index is 1.58. The van der Waals surface area contributed by atoms with Gasteiger partial charge in [0.2, 0.25) is 0 Å². The highest BCUT2D eigenvalue weighted by Gasteiger charge is 2.32. The summed E-state index contributed by atoms with van der Waals surface area (Å²) in [6, 6.07) is 11.4. The van der Waals surface area contributed by atoms with Crippen LogP contribution < -0.4 is 5.73 Å². The van der Waals surface area contributed by atoms with Gasteiger partial charge < -0.3 is 15.4 Å². The number of allylic oxidation sites excluding steroid dienone is 2. The predicted octanol–water partition coefficient (Wildman–Crippen LogP) is 2.65. The molecule has 0 saturated carbocycles. The average Bonchev–Trinajstić information content (AvgIpc) is 3.03. The highest BCUT2D eigenvalue weighted by atomic mass is 16.3. The molecule has 3 aliphatic rings. The van der Waals surface area contributed by atoms with Crippen LogP contribution in [0.5, 0.6) is 0 Å². The van der Waals surface area contributed by atoms with Gasteiger partial charge in [-0.15, -0.1) is 0 Å². The minimum atomic E-state index is -1.37. The zero-order chi connectivity index (χ0) is 20.2. The van der Waals surface area contributed by atoms with Crippen molar-refractivity contribution in [3.05, 3.63) is 77.4 Å². The van der Waals surface area contributed by atoms with Gasteiger partial charge in [0.15, 0.2) is 5.60 Å². The molecule has 0 radical (unpaired) electrons. The Morgan fingerprint density at radius 3 is 2.86 bits per heavy atom. The lowest BCUT2D eigenvalue weighted by molar-refractivity contribution is 0.0995. The molecule has 0 saturated heterocycles. The maximum absolute atomic E-state index is 11.6. The van der Waals surface area contributed by atoms with Crippen LogP contribution in [0.25, 0.3) is 17.0 Å². The molecule has 2 atom stereocenters. The molecular formula is C23H18N4O2. The molecule has 0 spiro atoms. The lowest BCUT2D eigenvalue weighted by atomic mass is 9.86. The summed E-state index contributed by atoms with van der Waals surface area (Å²) < 4.78 is 2.00. The summed E-state index contributed by atoms with van der Waals surface area (Å²) in [7, 11) is 0. The minimum absolute atomic E-state index is 0.187. The van der Waals surface area contributed by atoms with Crippen molar-refractivity contribution in [2.24, 2.45) is 5.73 Å². The first-order valence-electron chi connectivity index (χ1n) is 9.33. The first kappa shape index (κ1) is 17.4. The third-order valence-electron chi connectivity index (χ3n) is 5.38. The van der Waals surface area contributed by atoms with E-state index in [-0.39, 0.29) is 11.7 Å². The van der Waals surface area contributed by atoms with Gasteiger partial charge in [-0.05, 0) is 48.7 Å². The fourth-order valence-electron chi connectivity index (χ4n) is 3.76. The van der Waals surface area contributed by atoms with Crippen molar-refractivity contribution in [2.75, 3.05) is 0 Å². The van der Waals surface area contributed by atoms with E-state index in [0.717, 1.165) is 23.1 Å². The monoisotopic (exact) mass is 382 g/mol. The highest BCUT2D eigenvalue weighted by Crippen LogP contribution is 2.46. The van der Waals surface area contributed by atoms with Crippen molar-refractivity contribution < 1.29 is 9.90 Å². The number of primary amides is 1. The van der Waals surface area contributed by atoms with Gasteiger partial charge in [-0.1, -0.05) is 30.0 Å². The number of benzene rings is 1. The van der Waals surface area contributed by atoms with E-state index in [1.54, 1.807) is 31.5 Å². The second-order valence-corrected chi connectivity index (χ2v) is 7.48. The molecule has 1 amide bonds. The number of imidazole rings is 1. The molecule has 6 nitrogen and oxygen atoms in total. The Bertz CT molecular complexity index is 1240. The lowest BCUT2D eigenvalue weighted by Crippen LogP contribution is -2.19. The summed E-state index contributed by atoms with van der Waals surface area (Å²) in [4.78, 5) is 20.3. The molecule has 3 N–H and O–H groups in total. The second kappa shape index (κ2) is 6.16. The Hall–Kier alpha value is -3.69. The number of rotatable bonds is 2. The molecule has 2 unspecified atom stereocenters. The summed E-state index contributed by atoms with van der Waals surface area (Å²) in [5.74, 6) is 6.13. The van der Waals surface area contributed by atoms with E-state index in [2.05, 4.69) is 27.9 Å². The van der Waals surface area contributed by atoms with Gasteiger partial charge in [0.05, 0.1) is 11.7 Å². The van der Waals surface area contributed by atoms with E-state index < -0.39 is 11.5 Å². The molecular weight excluding hydrogens is 364 g/mol. The quantitative estimate of drug-likeness (QED) is 0.666. The molecule has 6 rings (SSSR count). The number of hydrogen-bond donors (Lipinski definition) is 2. The van der Waals surface area contributed by atoms with E-state index in [1.807, 2.05) is 28.8 Å². The maximum atomic E-state index is 11.6. The van der Waals surface area contributed by atoms with Crippen LogP contribution in [-0.4, -0.2) is 25.5 Å². The Morgan fingerprint density at radius 2 is 2.14 bits per heavy atom. The van der Waals surface area contributed by atoms with Gasteiger partial charge >= 0.3 is 0 Å². The number of carbonyl (C=O) groups is 1. The molecule has 1 aromatic carbocycles. The molecule has 29 heavy (non-hydrogen) atoms. The van der Waals surface area contributed by atoms with Crippen LogP contribution in [0, 0.1) is 11.8 Å². The molecule has 1 aliphatic carbocycles. The Labute approximate surface area is 167 Å². The van der Waals surface area contributed by atoms with Crippen molar-refractivity contribution in [2.45, 2.75) is 25.0 Å². The SMILES string of the molecule is CC(O)(C#Cc1ccc2c(c1)-c1nc(C(N)=O)cn1C1C=C2C1)c1ccccn1. The molecule has 0 fully saturated rings. The predicted molar refractivity (Wildman–Crippen MR) is 108 cm³/mol. The molecule has 2 aromatic heterocycles. The van der Waals surface area contributed by atoms with Crippen LogP contribution >= 0.6 is 0 Å². The number of nitrogens with zero attached hydrogens (tertiary/aromatic N) is 3. The molecule has 142 valence electrons. The minimum Gasteiger partial charge on any atom is -0.372 e. The van der Waals surface area contributed by atoms with Crippen LogP contribution in [0.2, 0.25) is 0 Å². The number of aromatic nitrogens is 3. The first-order valence-corrected chi connectivity index (χ1v) is 9.33. The molecule has 3 aromatic rings.